The summed E-state index contributed by atoms with van der Waals surface area (Å²) in [7, 11) is 7.19. The number of nitrogens with zero attached hydrogens (tertiary/aromatic N) is 1. The van der Waals surface area contributed by atoms with Crippen LogP contribution in [0.3, 0.4) is 0 Å². The van der Waals surface area contributed by atoms with E-state index in [1.807, 2.05) is 0 Å². The summed E-state index contributed by atoms with van der Waals surface area (Å²) in [6, 6.07) is 0.986. The Hall–Kier alpha value is -0.0400. The van der Waals surface area contributed by atoms with Crippen molar-refractivity contribution in [3.63, 3.8) is 0 Å². The second-order valence-corrected chi connectivity index (χ2v) is 6.84. The van der Waals surface area contributed by atoms with Crippen LogP contribution in [0.15, 0.2) is 0 Å². The fourth-order valence-electron chi connectivity index (χ4n) is 4.92. The van der Waals surface area contributed by atoms with E-state index in [0.29, 0.717) is 0 Å². The Morgan fingerprint density at radius 1 is 0.857 bits per heavy atom. The average molecular weight is 194 g/mol. The molecule has 3 fully saturated rings. The minimum absolute atomic E-state index is 0.986. The molecule has 0 unspecified atom stereocenters. The topological polar surface area (TPSA) is 0 Å². The van der Waals surface area contributed by atoms with Crippen molar-refractivity contribution in [3.8, 4) is 0 Å². The molecule has 3 aliphatic rings. The van der Waals surface area contributed by atoms with Crippen LogP contribution in [0.2, 0.25) is 0 Å². The van der Waals surface area contributed by atoms with Crippen molar-refractivity contribution >= 4 is 0 Å². The average Bonchev–Trinajstić information content (AvgIpc) is 2.74. The van der Waals surface area contributed by atoms with Gasteiger partial charge in [-0.2, -0.15) is 0 Å². The lowest BCUT2D eigenvalue weighted by Gasteiger charge is -2.40. The smallest absolute Gasteiger partial charge is 0.0918 e. The van der Waals surface area contributed by atoms with Gasteiger partial charge in [0.25, 0.3) is 0 Å². The van der Waals surface area contributed by atoms with Crippen molar-refractivity contribution in [2.24, 2.45) is 23.7 Å². The summed E-state index contributed by atoms with van der Waals surface area (Å²) >= 11 is 0. The zero-order chi connectivity index (χ0) is 9.92. The number of hydrogen-bond donors (Lipinski definition) is 0. The largest absolute Gasteiger partial charge is 0.328 e. The van der Waals surface area contributed by atoms with Crippen LogP contribution < -0.4 is 0 Å². The lowest BCUT2D eigenvalue weighted by molar-refractivity contribution is -0.900. The summed E-state index contributed by atoms with van der Waals surface area (Å²) in [5, 5.41) is 0. The highest BCUT2D eigenvalue weighted by atomic mass is 15.3. The zero-order valence-electron chi connectivity index (χ0n) is 9.87. The van der Waals surface area contributed by atoms with Gasteiger partial charge in [0.2, 0.25) is 0 Å². The third kappa shape index (κ3) is 1.11. The Labute approximate surface area is 88.1 Å². The molecule has 0 aliphatic heterocycles. The molecule has 0 amide bonds. The first-order valence-electron chi connectivity index (χ1n) is 6.38. The van der Waals surface area contributed by atoms with E-state index in [1.165, 1.54) is 17.3 Å². The van der Waals surface area contributed by atoms with E-state index in [4.69, 9.17) is 0 Å². The molecule has 0 aromatic rings. The molecule has 0 radical (unpaired) electrons. The molecule has 3 aliphatic carbocycles. The van der Waals surface area contributed by atoms with Crippen LogP contribution in [0.5, 0.6) is 0 Å². The molecule has 5 atom stereocenters. The van der Waals surface area contributed by atoms with Gasteiger partial charge in [-0.25, -0.2) is 0 Å². The Morgan fingerprint density at radius 3 is 2.29 bits per heavy atom. The maximum absolute atomic E-state index is 2.40. The molecule has 80 valence electrons. The molecule has 0 aromatic carbocycles. The standard InChI is InChI=1S/C13H24N/c1-14(2,3)13-8-9-7-12(13)11-6-4-5-10(9)11/h9-13H,4-8H2,1-3H3/q+1/t9-,10-,11-,12-,13-/m1/s1. The molecule has 0 heterocycles. The third-order valence-corrected chi connectivity index (χ3v) is 5.39. The first-order chi connectivity index (χ1) is 6.57. The van der Waals surface area contributed by atoms with Gasteiger partial charge in [0, 0.05) is 12.3 Å². The second kappa shape index (κ2) is 2.75. The molecule has 0 spiro atoms. The van der Waals surface area contributed by atoms with Crippen molar-refractivity contribution in [1.82, 2.24) is 0 Å². The first kappa shape index (κ1) is 9.21. The normalized spacial score (nSPS) is 51.2. The fraction of sp³-hybridized carbons (Fsp3) is 1.00. The highest BCUT2D eigenvalue weighted by Crippen LogP contribution is 2.60. The van der Waals surface area contributed by atoms with Gasteiger partial charge in [0.05, 0.1) is 27.2 Å². The molecular weight excluding hydrogens is 170 g/mol. The van der Waals surface area contributed by atoms with Gasteiger partial charge in [-0.15, -0.1) is 0 Å². The molecule has 0 N–H and O–H groups in total. The molecular formula is C13H24N+. The lowest BCUT2D eigenvalue weighted by Crippen LogP contribution is -2.50. The maximum atomic E-state index is 2.40. The van der Waals surface area contributed by atoms with E-state index >= 15 is 0 Å². The number of rotatable bonds is 1. The zero-order valence-corrected chi connectivity index (χ0v) is 9.87. The highest BCUT2D eigenvalue weighted by molar-refractivity contribution is 5.03. The molecule has 2 bridgehead atoms. The Morgan fingerprint density at radius 2 is 1.57 bits per heavy atom. The van der Waals surface area contributed by atoms with E-state index in [9.17, 15) is 0 Å². The van der Waals surface area contributed by atoms with Crippen molar-refractivity contribution in [1.29, 1.82) is 0 Å². The Balaban J connectivity index is 1.83. The molecule has 0 saturated heterocycles. The molecule has 1 nitrogen and oxygen atoms in total. The monoisotopic (exact) mass is 194 g/mol. The number of fused-ring (bicyclic) bond motifs is 5. The van der Waals surface area contributed by atoms with Gasteiger partial charge >= 0.3 is 0 Å². The second-order valence-electron chi connectivity index (χ2n) is 6.84. The predicted octanol–water partition coefficient (Wildman–Crippen LogP) is 2.52. The van der Waals surface area contributed by atoms with Crippen LogP contribution in [0.1, 0.15) is 32.1 Å². The van der Waals surface area contributed by atoms with Crippen molar-refractivity contribution in [3.05, 3.63) is 0 Å². The summed E-state index contributed by atoms with van der Waals surface area (Å²) in [5.41, 5.74) is 0. The third-order valence-electron chi connectivity index (χ3n) is 5.39. The van der Waals surface area contributed by atoms with Gasteiger partial charge in [-0.1, -0.05) is 6.42 Å². The van der Waals surface area contributed by atoms with E-state index in [0.717, 1.165) is 29.7 Å². The molecule has 3 rings (SSSR count). The summed E-state index contributed by atoms with van der Waals surface area (Å²) in [6.07, 6.45) is 7.77. The minimum atomic E-state index is 0.986. The lowest BCUT2D eigenvalue weighted by atomic mass is 9.78. The van der Waals surface area contributed by atoms with Crippen LogP contribution in [-0.2, 0) is 0 Å². The van der Waals surface area contributed by atoms with Gasteiger partial charge < -0.3 is 4.48 Å². The van der Waals surface area contributed by atoms with Gasteiger partial charge in [0.1, 0.15) is 0 Å². The quantitative estimate of drug-likeness (QED) is 0.563. The van der Waals surface area contributed by atoms with Gasteiger partial charge in [-0.3, -0.25) is 0 Å². The summed E-state index contributed by atoms with van der Waals surface area (Å²) in [5.74, 6) is 4.50. The molecule has 3 saturated carbocycles. The summed E-state index contributed by atoms with van der Waals surface area (Å²) in [4.78, 5) is 0. The van der Waals surface area contributed by atoms with Crippen molar-refractivity contribution in [2.75, 3.05) is 21.1 Å². The number of quaternary nitrogens is 1. The molecule has 1 heteroatoms. The van der Waals surface area contributed by atoms with E-state index in [1.54, 1.807) is 19.3 Å². The van der Waals surface area contributed by atoms with Crippen LogP contribution in [-0.4, -0.2) is 31.7 Å². The van der Waals surface area contributed by atoms with Crippen LogP contribution in [0.4, 0.5) is 0 Å². The minimum Gasteiger partial charge on any atom is -0.328 e. The fourth-order valence-corrected chi connectivity index (χ4v) is 4.92. The number of hydrogen-bond acceptors (Lipinski definition) is 0. The van der Waals surface area contributed by atoms with E-state index in [-0.39, 0.29) is 0 Å². The van der Waals surface area contributed by atoms with Crippen molar-refractivity contribution in [2.45, 2.75) is 38.1 Å². The first-order valence-corrected chi connectivity index (χ1v) is 6.38. The highest BCUT2D eigenvalue weighted by Gasteiger charge is 2.57. The summed E-state index contributed by atoms with van der Waals surface area (Å²) < 4.78 is 1.21. The predicted molar refractivity (Wildman–Crippen MR) is 58.9 cm³/mol. The van der Waals surface area contributed by atoms with Crippen LogP contribution in [0.25, 0.3) is 0 Å². The maximum Gasteiger partial charge on any atom is 0.0918 e. The molecule has 14 heavy (non-hydrogen) atoms. The Bertz CT molecular complexity index is 240. The SMILES string of the molecule is C[N+](C)(C)[C@@H]1C[C@H]2C[C@@H]1[C@@H]1CCC[C@H]21. The van der Waals surface area contributed by atoms with E-state index < -0.39 is 0 Å². The molecule has 0 aromatic heterocycles. The summed E-state index contributed by atoms with van der Waals surface area (Å²) in [6.45, 7) is 0. The van der Waals surface area contributed by atoms with Gasteiger partial charge in [-0.05, 0) is 37.0 Å². The van der Waals surface area contributed by atoms with Crippen molar-refractivity contribution < 1.29 is 4.48 Å². The van der Waals surface area contributed by atoms with E-state index in [2.05, 4.69) is 21.1 Å². The van der Waals surface area contributed by atoms with Crippen LogP contribution >= 0.6 is 0 Å². The Kier molecular flexibility index (Phi) is 1.81. The van der Waals surface area contributed by atoms with Crippen LogP contribution in [0, 0.1) is 23.7 Å². The van der Waals surface area contributed by atoms with Gasteiger partial charge in [0.15, 0.2) is 0 Å².